The topological polar surface area (TPSA) is 48.7 Å². The van der Waals surface area contributed by atoms with Gasteiger partial charge in [-0.15, -0.1) is 0 Å². The van der Waals surface area contributed by atoms with Crippen molar-refractivity contribution in [3.63, 3.8) is 0 Å². The van der Waals surface area contributed by atoms with E-state index >= 15 is 0 Å². The van der Waals surface area contributed by atoms with Crippen molar-refractivity contribution in [3.8, 4) is 6.07 Å². The summed E-state index contributed by atoms with van der Waals surface area (Å²) >= 11 is 0. The minimum absolute atomic E-state index is 0.585. The number of anilines is 1. The highest BCUT2D eigenvalue weighted by atomic mass is 15.0. The molecule has 1 heterocycles. The minimum Gasteiger partial charge on any atom is -0.369 e. The lowest BCUT2D eigenvalue weighted by molar-refractivity contribution is 0.992. The van der Waals surface area contributed by atoms with Crippen molar-refractivity contribution >= 4 is 5.82 Å². The Morgan fingerprint density at radius 2 is 2.06 bits per heavy atom. The second-order valence-corrected chi connectivity index (χ2v) is 4.11. The molecule has 3 nitrogen and oxygen atoms in total. The third kappa shape index (κ3) is 2.86. The van der Waals surface area contributed by atoms with Gasteiger partial charge >= 0.3 is 0 Å². The summed E-state index contributed by atoms with van der Waals surface area (Å²) in [6, 6.07) is 14.0. The molecule has 0 radical (unpaired) electrons. The molecule has 1 aromatic heterocycles. The highest BCUT2D eigenvalue weighted by molar-refractivity contribution is 5.51. The quantitative estimate of drug-likeness (QED) is 0.889. The Hall–Kier alpha value is -2.34. The highest BCUT2D eigenvalue weighted by Gasteiger charge is 2.02. The molecule has 0 unspecified atom stereocenters. The number of aryl methyl sites for hydroxylation is 1. The van der Waals surface area contributed by atoms with E-state index in [9.17, 15) is 0 Å². The van der Waals surface area contributed by atoms with Gasteiger partial charge in [-0.25, -0.2) is 4.98 Å². The predicted octanol–water partition coefficient (Wildman–Crippen LogP) is 2.92. The lowest BCUT2D eigenvalue weighted by Crippen LogP contribution is -2.08. The van der Waals surface area contributed by atoms with Crippen LogP contribution in [0.2, 0.25) is 0 Å². The summed E-state index contributed by atoms with van der Waals surface area (Å²) in [6.45, 7) is 2.88. The van der Waals surface area contributed by atoms with Crippen LogP contribution in [0.3, 0.4) is 0 Å². The molecule has 3 heteroatoms. The molecule has 0 aliphatic heterocycles. The van der Waals surface area contributed by atoms with Gasteiger partial charge < -0.3 is 5.32 Å². The molecule has 90 valence electrons. The Balaban J connectivity index is 1.97. The van der Waals surface area contributed by atoms with Gasteiger partial charge in [0.05, 0.1) is 5.56 Å². The summed E-state index contributed by atoms with van der Waals surface area (Å²) in [5.41, 5.74) is 3.20. The predicted molar refractivity (Wildman–Crippen MR) is 72.3 cm³/mol. The van der Waals surface area contributed by atoms with Crippen LogP contribution in [0.5, 0.6) is 0 Å². The van der Waals surface area contributed by atoms with Gasteiger partial charge in [-0.05, 0) is 36.6 Å². The van der Waals surface area contributed by atoms with Gasteiger partial charge in [0.15, 0.2) is 0 Å². The fraction of sp³-hybridized carbons (Fsp3) is 0.200. The van der Waals surface area contributed by atoms with Crippen LogP contribution in [0.15, 0.2) is 42.6 Å². The van der Waals surface area contributed by atoms with E-state index in [0.29, 0.717) is 11.4 Å². The van der Waals surface area contributed by atoms with Crippen molar-refractivity contribution in [1.29, 1.82) is 5.26 Å². The summed E-state index contributed by atoms with van der Waals surface area (Å²) in [4.78, 5) is 4.17. The molecule has 0 bridgehead atoms. The normalized spacial score (nSPS) is 9.78. The number of benzene rings is 1. The average molecular weight is 237 g/mol. The van der Waals surface area contributed by atoms with E-state index in [-0.39, 0.29) is 0 Å². The first-order valence-electron chi connectivity index (χ1n) is 5.95. The summed E-state index contributed by atoms with van der Waals surface area (Å²) in [7, 11) is 0. The van der Waals surface area contributed by atoms with E-state index in [2.05, 4.69) is 35.4 Å². The molecule has 1 aromatic carbocycles. The number of hydrogen-bond acceptors (Lipinski definition) is 3. The largest absolute Gasteiger partial charge is 0.369 e. The van der Waals surface area contributed by atoms with Crippen LogP contribution in [0.1, 0.15) is 16.7 Å². The van der Waals surface area contributed by atoms with Gasteiger partial charge in [-0.1, -0.05) is 24.3 Å². The first-order valence-corrected chi connectivity index (χ1v) is 5.95. The summed E-state index contributed by atoms with van der Waals surface area (Å²) in [5, 5.41) is 12.2. The second kappa shape index (κ2) is 5.83. The van der Waals surface area contributed by atoms with E-state index in [0.717, 1.165) is 13.0 Å². The third-order valence-electron chi connectivity index (χ3n) is 2.88. The molecule has 0 atom stereocenters. The van der Waals surface area contributed by atoms with E-state index in [1.54, 1.807) is 18.3 Å². The van der Waals surface area contributed by atoms with Crippen LogP contribution in [-0.2, 0) is 6.42 Å². The second-order valence-electron chi connectivity index (χ2n) is 4.11. The SMILES string of the molecule is Cc1ccccc1CCNc1ncccc1C#N. The first kappa shape index (κ1) is 12.1. The smallest absolute Gasteiger partial charge is 0.143 e. The third-order valence-corrected chi connectivity index (χ3v) is 2.88. The first-order chi connectivity index (χ1) is 8.81. The number of rotatable bonds is 4. The lowest BCUT2D eigenvalue weighted by atomic mass is 10.1. The van der Waals surface area contributed by atoms with Crippen molar-refractivity contribution in [1.82, 2.24) is 4.98 Å². The molecule has 1 N–H and O–H groups in total. The van der Waals surface area contributed by atoms with Crippen LogP contribution >= 0.6 is 0 Å². The Bertz CT molecular complexity index is 570. The van der Waals surface area contributed by atoms with Crippen LogP contribution < -0.4 is 5.32 Å². The van der Waals surface area contributed by atoms with E-state index in [1.165, 1.54) is 11.1 Å². The standard InChI is InChI=1S/C15H15N3/c1-12-5-2-3-6-13(12)8-10-18-15-14(11-16)7-4-9-17-15/h2-7,9H,8,10H2,1H3,(H,17,18). The van der Waals surface area contributed by atoms with Crippen molar-refractivity contribution in [2.24, 2.45) is 0 Å². The van der Waals surface area contributed by atoms with Crippen molar-refractivity contribution in [2.75, 3.05) is 11.9 Å². The monoisotopic (exact) mass is 237 g/mol. The van der Waals surface area contributed by atoms with Crippen molar-refractivity contribution in [2.45, 2.75) is 13.3 Å². The average Bonchev–Trinajstić information content (AvgIpc) is 2.41. The molecule has 0 saturated carbocycles. The Morgan fingerprint density at radius 1 is 1.22 bits per heavy atom. The maximum atomic E-state index is 8.95. The molecule has 0 amide bonds. The number of hydrogen-bond donors (Lipinski definition) is 1. The van der Waals surface area contributed by atoms with Crippen molar-refractivity contribution in [3.05, 3.63) is 59.3 Å². The number of nitrogens with one attached hydrogen (secondary N) is 1. The molecule has 2 rings (SSSR count). The van der Waals surface area contributed by atoms with Gasteiger partial charge in [0, 0.05) is 12.7 Å². The molecular formula is C15H15N3. The van der Waals surface area contributed by atoms with Crippen LogP contribution in [0.25, 0.3) is 0 Å². The van der Waals surface area contributed by atoms with Gasteiger partial charge in [-0.3, -0.25) is 0 Å². The molecule has 0 spiro atoms. The number of nitriles is 1. The van der Waals surface area contributed by atoms with Gasteiger partial charge in [0.25, 0.3) is 0 Å². The van der Waals surface area contributed by atoms with Crippen LogP contribution in [-0.4, -0.2) is 11.5 Å². The van der Waals surface area contributed by atoms with E-state index in [1.807, 2.05) is 12.1 Å². The maximum absolute atomic E-state index is 8.95. The van der Waals surface area contributed by atoms with Gasteiger partial charge in [-0.2, -0.15) is 5.26 Å². The Labute approximate surface area is 107 Å². The number of aromatic nitrogens is 1. The number of nitrogens with zero attached hydrogens (tertiary/aromatic N) is 2. The fourth-order valence-electron chi connectivity index (χ4n) is 1.84. The van der Waals surface area contributed by atoms with E-state index in [4.69, 9.17) is 5.26 Å². The van der Waals surface area contributed by atoms with Crippen molar-refractivity contribution < 1.29 is 0 Å². The molecule has 2 aromatic rings. The summed E-state index contributed by atoms with van der Waals surface area (Å²) < 4.78 is 0. The zero-order valence-electron chi connectivity index (χ0n) is 10.4. The molecule has 0 saturated heterocycles. The molecule has 18 heavy (non-hydrogen) atoms. The Morgan fingerprint density at radius 3 is 2.83 bits per heavy atom. The summed E-state index contributed by atoms with van der Waals surface area (Å²) in [6.07, 6.45) is 2.62. The van der Waals surface area contributed by atoms with Gasteiger partial charge in [0.1, 0.15) is 11.9 Å². The highest BCUT2D eigenvalue weighted by Crippen LogP contribution is 2.11. The molecule has 0 aliphatic rings. The molecular weight excluding hydrogens is 222 g/mol. The maximum Gasteiger partial charge on any atom is 0.143 e. The molecule has 0 fully saturated rings. The van der Waals surface area contributed by atoms with Gasteiger partial charge in [0.2, 0.25) is 0 Å². The van der Waals surface area contributed by atoms with Crippen LogP contribution in [0.4, 0.5) is 5.82 Å². The van der Waals surface area contributed by atoms with Crippen LogP contribution in [0, 0.1) is 18.3 Å². The van der Waals surface area contributed by atoms with E-state index < -0.39 is 0 Å². The molecule has 0 aliphatic carbocycles. The lowest BCUT2D eigenvalue weighted by Gasteiger charge is -2.08. The zero-order valence-corrected chi connectivity index (χ0v) is 10.4. The zero-order chi connectivity index (χ0) is 12.8. The Kier molecular flexibility index (Phi) is 3.93. The minimum atomic E-state index is 0.585. The number of pyridine rings is 1. The summed E-state index contributed by atoms with van der Waals surface area (Å²) in [5.74, 6) is 0.661. The fourth-order valence-corrected chi connectivity index (χ4v) is 1.84.